The van der Waals surface area contributed by atoms with Gasteiger partial charge in [-0.2, -0.15) is 0 Å². The van der Waals surface area contributed by atoms with Crippen LogP contribution in [0.15, 0.2) is 0 Å². The van der Waals surface area contributed by atoms with Crippen molar-refractivity contribution in [2.24, 2.45) is 17.3 Å². The summed E-state index contributed by atoms with van der Waals surface area (Å²) in [6.45, 7) is 7.12. The molecule has 4 heteroatoms. The van der Waals surface area contributed by atoms with E-state index in [1.165, 1.54) is 25.7 Å². The molecule has 0 bridgehead atoms. The fraction of sp³-hybridized carbons (Fsp3) is 1.00. The van der Waals surface area contributed by atoms with Crippen LogP contribution in [-0.2, 0) is 4.74 Å². The van der Waals surface area contributed by atoms with Crippen LogP contribution in [0.2, 0.25) is 0 Å². The first-order valence-corrected chi connectivity index (χ1v) is 7.60. The first kappa shape index (κ1) is 15.2. The van der Waals surface area contributed by atoms with Gasteiger partial charge in [-0.15, -0.1) is 0 Å². The van der Waals surface area contributed by atoms with Crippen LogP contribution in [0.4, 0.5) is 0 Å². The Labute approximate surface area is 118 Å². The second-order valence-corrected chi connectivity index (χ2v) is 7.56. The van der Waals surface area contributed by atoms with Crippen LogP contribution in [-0.4, -0.2) is 43.6 Å². The Morgan fingerprint density at radius 1 is 1.11 bits per heavy atom. The van der Waals surface area contributed by atoms with Gasteiger partial charge in [0.25, 0.3) is 0 Å². The minimum atomic E-state index is 0.0605. The third kappa shape index (κ3) is 3.48. The number of hydrazine groups is 1. The zero-order valence-electron chi connectivity index (χ0n) is 13.4. The summed E-state index contributed by atoms with van der Waals surface area (Å²) in [4.78, 5) is 2.10. The van der Waals surface area contributed by atoms with E-state index in [0.29, 0.717) is 11.3 Å². The van der Waals surface area contributed by atoms with Gasteiger partial charge in [-0.3, -0.25) is 4.90 Å². The van der Waals surface area contributed by atoms with Gasteiger partial charge in [-0.1, -0.05) is 20.8 Å². The third-order valence-electron chi connectivity index (χ3n) is 4.80. The highest BCUT2D eigenvalue weighted by Gasteiger charge is 2.39. The topological polar surface area (TPSA) is 27.7 Å². The number of rotatable bonds is 2. The van der Waals surface area contributed by atoms with Gasteiger partial charge in [0.1, 0.15) is 6.23 Å². The smallest absolute Gasteiger partial charge is 0.182 e. The van der Waals surface area contributed by atoms with Gasteiger partial charge in [0, 0.05) is 7.05 Å². The van der Waals surface area contributed by atoms with Gasteiger partial charge in [0.05, 0.1) is 0 Å². The Balaban J connectivity index is 1.86. The number of nitrogens with zero attached hydrogens (tertiary/aromatic N) is 2. The molecule has 1 N–H and O–H groups in total. The van der Waals surface area contributed by atoms with Crippen molar-refractivity contribution in [2.45, 2.75) is 59.0 Å². The van der Waals surface area contributed by atoms with Crippen molar-refractivity contribution in [1.29, 1.82) is 0 Å². The number of hydrogen-bond acceptors (Lipinski definition) is 4. The molecule has 19 heavy (non-hydrogen) atoms. The predicted octanol–water partition coefficient (Wildman–Crippen LogP) is 2.48. The molecule has 0 aromatic heterocycles. The van der Waals surface area contributed by atoms with E-state index in [1.807, 2.05) is 0 Å². The zero-order valence-corrected chi connectivity index (χ0v) is 13.4. The lowest BCUT2D eigenvalue weighted by molar-refractivity contribution is -0.0969. The standard InChI is InChI=1S/C15H31N3O/c1-15(2,3)12-9-7-11(8-10-12)13-16-18(6)14(19-13)17(4)5/h11-14,16H,7-10H2,1-6H3. The molecule has 1 saturated heterocycles. The van der Waals surface area contributed by atoms with Crippen LogP contribution >= 0.6 is 0 Å². The fourth-order valence-corrected chi connectivity index (χ4v) is 3.49. The average Bonchev–Trinajstić information content (AvgIpc) is 2.70. The van der Waals surface area contributed by atoms with Crippen molar-refractivity contribution in [2.75, 3.05) is 21.1 Å². The van der Waals surface area contributed by atoms with Crippen LogP contribution in [0, 0.1) is 17.3 Å². The minimum absolute atomic E-state index is 0.0605. The molecule has 0 aromatic carbocycles. The molecule has 0 aromatic rings. The molecule has 0 spiro atoms. The number of nitrogens with one attached hydrogen (secondary N) is 1. The van der Waals surface area contributed by atoms with Gasteiger partial charge >= 0.3 is 0 Å². The number of hydrogen-bond donors (Lipinski definition) is 1. The molecule has 4 nitrogen and oxygen atoms in total. The molecular weight excluding hydrogens is 238 g/mol. The van der Waals surface area contributed by atoms with E-state index in [1.54, 1.807) is 0 Å². The minimum Gasteiger partial charge on any atom is -0.329 e. The van der Waals surface area contributed by atoms with E-state index in [9.17, 15) is 0 Å². The quantitative estimate of drug-likeness (QED) is 0.833. The predicted molar refractivity (Wildman–Crippen MR) is 78.1 cm³/mol. The van der Waals surface area contributed by atoms with Crippen LogP contribution in [0.3, 0.4) is 0 Å². The summed E-state index contributed by atoms with van der Waals surface area (Å²) in [5.74, 6) is 1.53. The molecular formula is C15H31N3O. The Morgan fingerprint density at radius 2 is 1.68 bits per heavy atom. The van der Waals surface area contributed by atoms with Crippen molar-refractivity contribution in [3.63, 3.8) is 0 Å². The summed E-state index contributed by atoms with van der Waals surface area (Å²) >= 11 is 0. The molecule has 2 aliphatic rings. The maximum Gasteiger partial charge on any atom is 0.182 e. The second kappa shape index (κ2) is 5.68. The van der Waals surface area contributed by atoms with E-state index in [-0.39, 0.29) is 12.6 Å². The van der Waals surface area contributed by atoms with Crippen molar-refractivity contribution in [3.8, 4) is 0 Å². The zero-order chi connectivity index (χ0) is 14.2. The van der Waals surface area contributed by atoms with E-state index in [2.05, 4.69) is 57.2 Å². The maximum atomic E-state index is 6.14. The molecule has 112 valence electrons. The van der Waals surface area contributed by atoms with Gasteiger partial charge in [0.15, 0.2) is 6.35 Å². The molecule has 2 rings (SSSR count). The highest BCUT2D eigenvalue weighted by molar-refractivity contribution is 4.84. The molecule has 2 unspecified atom stereocenters. The maximum absolute atomic E-state index is 6.14. The lowest BCUT2D eigenvalue weighted by Crippen LogP contribution is -2.43. The van der Waals surface area contributed by atoms with Gasteiger partial charge in [-0.05, 0) is 57.0 Å². The van der Waals surface area contributed by atoms with Crippen molar-refractivity contribution in [1.82, 2.24) is 15.3 Å². The third-order valence-corrected chi connectivity index (χ3v) is 4.80. The highest BCUT2D eigenvalue weighted by atomic mass is 16.6. The molecule has 0 radical (unpaired) electrons. The van der Waals surface area contributed by atoms with E-state index < -0.39 is 0 Å². The molecule has 1 aliphatic carbocycles. The summed E-state index contributed by atoms with van der Waals surface area (Å²) in [6, 6.07) is 0. The Hall–Kier alpha value is -0.160. The van der Waals surface area contributed by atoms with Crippen LogP contribution in [0.1, 0.15) is 46.5 Å². The van der Waals surface area contributed by atoms with E-state index in [4.69, 9.17) is 4.74 Å². The molecule has 1 heterocycles. The molecule has 2 atom stereocenters. The summed E-state index contributed by atoms with van der Waals surface area (Å²) < 4.78 is 6.14. The first-order chi connectivity index (χ1) is 8.79. The molecule has 1 aliphatic heterocycles. The SMILES string of the molecule is CN(C)C1OC(C2CCC(C(C)(C)C)CC2)NN1C. The van der Waals surface area contributed by atoms with Gasteiger partial charge in [0.2, 0.25) is 0 Å². The largest absolute Gasteiger partial charge is 0.329 e. The number of ether oxygens (including phenoxy) is 1. The van der Waals surface area contributed by atoms with E-state index >= 15 is 0 Å². The van der Waals surface area contributed by atoms with Crippen molar-refractivity contribution in [3.05, 3.63) is 0 Å². The summed E-state index contributed by atoms with van der Waals surface area (Å²) in [6.07, 6.45) is 5.50. The second-order valence-electron chi connectivity index (χ2n) is 7.56. The van der Waals surface area contributed by atoms with Crippen LogP contribution < -0.4 is 5.43 Å². The van der Waals surface area contributed by atoms with Crippen LogP contribution in [0.5, 0.6) is 0 Å². The Kier molecular flexibility index (Phi) is 4.56. The summed E-state index contributed by atoms with van der Waals surface area (Å²) in [7, 11) is 6.18. The lowest BCUT2D eigenvalue weighted by Gasteiger charge is -2.38. The van der Waals surface area contributed by atoms with Gasteiger partial charge in [-0.25, -0.2) is 10.4 Å². The fourth-order valence-electron chi connectivity index (χ4n) is 3.49. The monoisotopic (exact) mass is 269 g/mol. The van der Waals surface area contributed by atoms with Gasteiger partial charge < -0.3 is 4.74 Å². The molecule has 2 fully saturated rings. The highest BCUT2D eigenvalue weighted by Crippen LogP contribution is 2.41. The molecule has 1 saturated carbocycles. The summed E-state index contributed by atoms with van der Waals surface area (Å²) in [5.41, 5.74) is 3.93. The normalized spacial score (nSPS) is 38.1. The van der Waals surface area contributed by atoms with Crippen LogP contribution in [0.25, 0.3) is 0 Å². The van der Waals surface area contributed by atoms with Crippen molar-refractivity contribution >= 4 is 0 Å². The average molecular weight is 269 g/mol. The summed E-state index contributed by atoms with van der Waals surface area (Å²) in [5, 5.41) is 2.08. The Bertz CT molecular complexity index is 292. The molecule has 0 amide bonds. The van der Waals surface area contributed by atoms with Crippen molar-refractivity contribution < 1.29 is 4.74 Å². The lowest BCUT2D eigenvalue weighted by atomic mass is 9.69. The Morgan fingerprint density at radius 3 is 2.11 bits per heavy atom. The van der Waals surface area contributed by atoms with E-state index in [0.717, 1.165) is 5.92 Å². The first-order valence-electron chi connectivity index (χ1n) is 7.60.